The summed E-state index contributed by atoms with van der Waals surface area (Å²) in [6.07, 6.45) is -9.44. The molecule has 2 fully saturated rings. The lowest BCUT2D eigenvalue weighted by atomic mass is 9.96. The molecular weight excluding hydrogens is 674 g/mol. The quantitative estimate of drug-likeness (QED) is 0.0870. The zero-order valence-corrected chi connectivity index (χ0v) is 29.5. The molecule has 0 aliphatic carbocycles. The average molecular weight is 722 g/mol. The van der Waals surface area contributed by atoms with Gasteiger partial charge in [-0.3, -0.25) is 4.79 Å². The number of carbonyl (C=O) groups is 1. The number of esters is 1. The van der Waals surface area contributed by atoms with E-state index in [1.165, 1.54) is 7.11 Å². The number of aliphatic hydroxyl groups is 2. The predicted octanol–water partition coefficient (Wildman–Crippen LogP) is 4.46. The van der Waals surface area contributed by atoms with E-state index in [0.717, 1.165) is 16.7 Å². The van der Waals surface area contributed by atoms with E-state index < -0.39 is 79.8 Å². The van der Waals surface area contributed by atoms with Gasteiger partial charge in [0.15, 0.2) is 18.7 Å². The van der Waals surface area contributed by atoms with Crippen LogP contribution in [0.25, 0.3) is 10.4 Å². The Hall–Kier alpha value is -3.92. The third-order valence-electron chi connectivity index (χ3n) is 8.83. The van der Waals surface area contributed by atoms with Crippen LogP contribution in [-0.4, -0.2) is 97.9 Å². The fourth-order valence-electron chi connectivity index (χ4n) is 6.05. The molecule has 2 N–H and O–H groups in total. The molecule has 0 radical (unpaired) electrons. The fourth-order valence-corrected chi connectivity index (χ4v) is 6.05. The molecule has 2 aliphatic rings. The normalized spacial score (nSPS) is 29.0. The predicted molar refractivity (Wildman–Crippen MR) is 186 cm³/mol. The van der Waals surface area contributed by atoms with Crippen LogP contribution < -0.4 is 0 Å². The highest BCUT2D eigenvalue weighted by atomic mass is 16.7. The maximum absolute atomic E-state index is 12.4. The van der Waals surface area contributed by atoms with Gasteiger partial charge in [0.2, 0.25) is 0 Å². The Bertz CT molecular complexity index is 1550. The number of carbonyl (C=O) groups excluding carboxylic acids is 1. The van der Waals surface area contributed by atoms with E-state index in [2.05, 4.69) is 10.0 Å². The van der Waals surface area contributed by atoms with Crippen molar-refractivity contribution in [3.63, 3.8) is 0 Å². The van der Waals surface area contributed by atoms with Crippen molar-refractivity contribution >= 4 is 5.97 Å². The molecular formula is C38H47N3O11. The lowest BCUT2D eigenvalue weighted by Crippen LogP contribution is -2.63. The second kappa shape index (κ2) is 19.8. The Kier molecular flexibility index (Phi) is 15.0. The van der Waals surface area contributed by atoms with E-state index in [1.54, 1.807) is 13.8 Å². The summed E-state index contributed by atoms with van der Waals surface area (Å²) in [6, 6.07) is 27.7. The minimum Gasteiger partial charge on any atom is -0.457 e. The van der Waals surface area contributed by atoms with Crippen molar-refractivity contribution in [2.75, 3.05) is 20.3 Å². The van der Waals surface area contributed by atoms with Gasteiger partial charge in [0.05, 0.1) is 39.0 Å². The second-order valence-corrected chi connectivity index (χ2v) is 12.9. The van der Waals surface area contributed by atoms with Crippen LogP contribution >= 0.6 is 0 Å². The number of azide groups is 1. The highest BCUT2D eigenvalue weighted by Gasteiger charge is 2.51. The molecule has 280 valence electrons. The van der Waals surface area contributed by atoms with E-state index in [4.69, 9.17) is 37.9 Å². The molecule has 2 aliphatic heterocycles. The minimum atomic E-state index is -1.55. The van der Waals surface area contributed by atoms with Gasteiger partial charge in [0.1, 0.15) is 42.7 Å². The maximum atomic E-state index is 12.4. The maximum Gasteiger partial charge on any atom is 0.308 e. The van der Waals surface area contributed by atoms with Gasteiger partial charge in [-0.25, -0.2) is 0 Å². The summed E-state index contributed by atoms with van der Waals surface area (Å²) in [4.78, 5) is 15.3. The van der Waals surface area contributed by atoms with E-state index in [-0.39, 0.29) is 26.4 Å². The van der Waals surface area contributed by atoms with Gasteiger partial charge in [-0.1, -0.05) is 110 Å². The molecule has 3 aromatic rings. The fraction of sp³-hybridized carbons (Fsp3) is 0.500. The van der Waals surface area contributed by atoms with Crippen molar-refractivity contribution in [3.8, 4) is 0 Å². The summed E-state index contributed by atoms with van der Waals surface area (Å²) in [5.41, 5.74) is 12.2. The Morgan fingerprint density at radius 2 is 1.25 bits per heavy atom. The van der Waals surface area contributed by atoms with Gasteiger partial charge in [0.25, 0.3) is 0 Å². The van der Waals surface area contributed by atoms with Crippen LogP contribution in [-0.2, 0) is 62.5 Å². The van der Waals surface area contributed by atoms with Crippen molar-refractivity contribution in [1.29, 1.82) is 0 Å². The molecule has 14 nitrogen and oxygen atoms in total. The van der Waals surface area contributed by atoms with Crippen molar-refractivity contribution in [2.45, 2.75) is 95.0 Å². The third kappa shape index (κ3) is 10.4. The Balaban J connectivity index is 1.42. The largest absolute Gasteiger partial charge is 0.457 e. The van der Waals surface area contributed by atoms with Crippen LogP contribution in [0, 0.1) is 5.92 Å². The summed E-state index contributed by atoms with van der Waals surface area (Å²) in [5, 5.41) is 25.1. The smallest absolute Gasteiger partial charge is 0.308 e. The van der Waals surface area contributed by atoms with Crippen molar-refractivity contribution < 1.29 is 52.9 Å². The molecule has 5 rings (SSSR count). The second-order valence-electron chi connectivity index (χ2n) is 12.9. The first-order valence-corrected chi connectivity index (χ1v) is 17.3. The van der Waals surface area contributed by atoms with E-state index in [9.17, 15) is 20.5 Å². The number of rotatable bonds is 17. The van der Waals surface area contributed by atoms with Crippen LogP contribution in [0.2, 0.25) is 0 Å². The van der Waals surface area contributed by atoms with Gasteiger partial charge < -0.3 is 48.1 Å². The van der Waals surface area contributed by atoms with E-state index in [0.29, 0.717) is 0 Å². The highest BCUT2D eigenvalue weighted by molar-refractivity contribution is 5.71. The molecule has 2 heterocycles. The summed E-state index contributed by atoms with van der Waals surface area (Å²) in [7, 11) is 1.50. The number of hydrogen-bond acceptors (Lipinski definition) is 12. The first kappa shape index (κ1) is 39.3. The van der Waals surface area contributed by atoms with Gasteiger partial charge in [-0.15, -0.1) is 0 Å². The van der Waals surface area contributed by atoms with Crippen LogP contribution in [0.5, 0.6) is 0 Å². The molecule has 0 aromatic heterocycles. The van der Waals surface area contributed by atoms with Crippen molar-refractivity contribution in [2.24, 2.45) is 11.0 Å². The molecule has 14 heteroatoms. The SMILES string of the molecule is CO[C@H]1O[C@H](CO[C@@H]2O[C@H](CO)[C@@H](OC(=O)C(C)C)[C@H](O)[C@H]2N=[N+]=[N-])[C@@H](OCc2ccccc2)[C@H](OCc2ccccc2)[C@H]1OCc1ccccc1. The van der Waals surface area contributed by atoms with Crippen molar-refractivity contribution in [3.05, 3.63) is 118 Å². The lowest BCUT2D eigenvalue weighted by molar-refractivity contribution is -0.334. The Morgan fingerprint density at radius 1 is 0.750 bits per heavy atom. The van der Waals surface area contributed by atoms with Crippen molar-refractivity contribution in [1.82, 2.24) is 0 Å². The molecule has 2 saturated heterocycles. The van der Waals surface area contributed by atoms with E-state index >= 15 is 0 Å². The Labute approximate surface area is 303 Å². The standard InChI is InChI=1S/C38H47N3O11/c1-24(2)36(44)52-32-28(19-42)50-37(30(31(32)43)40-41-39)49-23-29-33(46-20-25-13-7-4-8-14-25)34(47-21-26-15-9-5-10-16-26)35(38(45-3)51-29)48-22-27-17-11-6-12-18-27/h4-18,24,28-35,37-38,42-43H,19-23H2,1-3H3/t28-,29-,30-,31-,32-,33-,34+,35-,37-,38+/m1/s1. The first-order chi connectivity index (χ1) is 25.3. The number of methoxy groups -OCH3 is 1. The average Bonchev–Trinajstić information content (AvgIpc) is 3.17. The monoisotopic (exact) mass is 721 g/mol. The number of aliphatic hydroxyl groups excluding tert-OH is 2. The van der Waals surface area contributed by atoms with Crippen LogP contribution in [0.1, 0.15) is 30.5 Å². The summed E-state index contributed by atoms with van der Waals surface area (Å²) in [6.45, 7) is 3.13. The Morgan fingerprint density at radius 3 is 1.73 bits per heavy atom. The molecule has 0 saturated carbocycles. The van der Waals surface area contributed by atoms with Crippen LogP contribution in [0.15, 0.2) is 96.1 Å². The summed E-state index contributed by atoms with van der Waals surface area (Å²) in [5.74, 6) is -1.13. The van der Waals surface area contributed by atoms with Crippen LogP contribution in [0.4, 0.5) is 0 Å². The molecule has 0 spiro atoms. The lowest BCUT2D eigenvalue weighted by Gasteiger charge is -2.46. The number of nitrogens with zero attached hydrogens (tertiary/aromatic N) is 3. The third-order valence-corrected chi connectivity index (χ3v) is 8.83. The molecule has 52 heavy (non-hydrogen) atoms. The zero-order chi connectivity index (χ0) is 36.9. The van der Waals surface area contributed by atoms with Gasteiger partial charge in [0, 0.05) is 12.0 Å². The summed E-state index contributed by atoms with van der Waals surface area (Å²) >= 11 is 0. The molecule has 3 aromatic carbocycles. The molecule has 0 amide bonds. The van der Waals surface area contributed by atoms with Gasteiger partial charge >= 0.3 is 5.97 Å². The highest BCUT2D eigenvalue weighted by Crippen LogP contribution is 2.33. The summed E-state index contributed by atoms with van der Waals surface area (Å²) < 4.78 is 49.6. The molecule has 10 atom stereocenters. The van der Waals surface area contributed by atoms with E-state index in [1.807, 2.05) is 91.0 Å². The topological polar surface area (TPSA) is 180 Å². The first-order valence-electron chi connectivity index (χ1n) is 17.3. The number of ether oxygens (including phenoxy) is 8. The number of hydrogen-bond donors (Lipinski definition) is 2. The minimum absolute atomic E-state index is 0.203. The van der Waals surface area contributed by atoms with Gasteiger partial charge in [-0.2, -0.15) is 0 Å². The molecule has 0 unspecified atom stereocenters. The van der Waals surface area contributed by atoms with Gasteiger partial charge in [-0.05, 0) is 22.2 Å². The molecule has 0 bridgehead atoms. The van der Waals surface area contributed by atoms with Crippen LogP contribution in [0.3, 0.4) is 0 Å². The number of benzene rings is 3. The zero-order valence-electron chi connectivity index (χ0n) is 29.5.